The normalized spacial score (nSPS) is 21.6. The third-order valence-corrected chi connectivity index (χ3v) is 7.63. The molecule has 2 aliphatic heterocycles. The van der Waals surface area contributed by atoms with Gasteiger partial charge in [0, 0.05) is 23.6 Å². The van der Waals surface area contributed by atoms with Gasteiger partial charge in [-0.3, -0.25) is 20.1 Å². The molecule has 0 radical (unpaired) electrons. The number of carbonyl (C=O) groups is 1. The molecule has 0 bridgehead atoms. The number of rotatable bonds is 5. The summed E-state index contributed by atoms with van der Waals surface area (Å²) in [6, 6.07) is 4.58. The SMILES string of the molecule is CS(=O)(=O)CC(=O)N1CC(F)(c2ccc(C3=CC(c4cc(Cl)c(Cl)c(Cl)c4)(C(F)(F)F)ON3)cn2)C1. The van der Waals surface area contributed by atoms with Crippen LogP contribution in [0.1, 0.15) is 16.8 Å². The van der Waals surface area contributed by atoms with Crippen LogP contribution in [0.3, 0.4) is 0 Å². The molecular weight excluding hydrogens is 573 g/mol. The van der Waals surface area contributed by atoms with Crippen LogP contribution < -0.4 is 5.48 Å². The number of hydrogen-bond acceptors (Lipinski definition) is 6. The Kier molecular flexibility index (Phi) is 6.74. The van der Waals surface area contributed by atoms with Crippen molar-refractivity contribution in [3.8, 4) is 0 Å². The van der Waals surface area contributed by atoms with Crippen molar-refractivity contribution < 1.29 is 35.6 Å². The molecule has 3 heterocycles. The second kappa shape index (κ2) is 9.02. The summed E-state index contributed by atoms with van der Waals surface area (Å²) in [6.45, 7) is -0.792. The maximum Gasteiger partial charge on any atom is 0.428 e. The zero-order valence-electron chi connectivity index (χ0n) is 18.2. The number of halogens is 7. The summed E-state index contributed by atoms with van der Waals surface area (Å²) in [4.78, 5) is 22.0. The first-order valence-electron chi connectivity index (χ1n) is 10.0. The van der Waals surface area contributed by atoms with E-state index in [1.807, 2.05) is 0 Å². The van der Waals surface area contributed by atoms with Gasteiger partial charge in [-0.05, 0) is 30.3 Å². The van der Waals surface area contributed by atoms with E-state index in [9.17, 15) is 26.4 Å². The molecule has 15 heteroatoms. The number of amides is 1. The molecule has 0 aliphatic carbocycles. The zero-order chi connectivity index (χ0) is 26.7. The average molecular weight is 589 g/mol. The van der Waals surface area contributed by atoms with E-state index in [0.29, 0.717) is 0 Å². The number of hydroxylamine groups is 1. The van der Waals surface area contributed by atoms with Gasteiger partial charge in [0.05, 0.1) is 39.5 Å². The molecule has 0 saturated carbocycles. The van der Waals surface area contributed by atoms with Crippen molar-refractivity contribution in [1.82, 2.24) is 15.4 Å². The van der Waals surface area contributed by atoms with E-state index in [1.54, 1.807) is 0 Å². The van der Waals surface area contributed by atoms with Gasteiger partial charge < -0.3 is 4.90 Å². The molecule has 1 aromatic carbocycles. The van der Waals surface area contributed by atoms with E-state index in [0.717, 1.165) is 35.6 Å². The molecule has 4 rings (SSSR count). The van der Waals surface area contributed by atoms with Crippen LogP contribution in [0, 0.1) is 0 Å². The van der Waals surface area contributed by atoms with E-state index >= 15 is 4.39 Å². The monoisotopic (exact) mass is 587 g/mol. The summed E-state index contributed by atoms with van der Waals surface area (Å²) in [6.07, 6.45) is -2.12. The first-order valence-corrected chi connectivity index (χ1v) is 13.2. The number of sulfone groups is 1. The summed E-state index contributed by atoms with van der Waals surface area (Å²) in [7, 11) is -3.56. The lowest BCUT2D eigenvalue weighted by molar-refractivity contribution is -0.269. The third-order valence-electron chi connectivity index (χ3n) is 5.66. The fourth-order valence-electron chi connectivity index (χ4n) is 3.79. The van der Waals surface area contributed by atoms with Gasteiger partial charge in [0.25, 0.3) is 0 Å². The lowest BCUT2D eigenvalue weighted by Crippen LogP contribution is -2.60. The predicted molar refractivity (Wildman–Crippen MR) is 125 cm³/mol. The molecule has 7 nitrogen and oxygen atoms in total. The van der Waals surface area contributed by atoms with Gasteiger partial charge in [-0.25, -0.2) is 12.8 Å². The standard InChI is InChI=1S/C21H16Cl3F4N3O4S/c1-36(33,34)8-17(32)31-9-19(25,10-31)16-3-2-11(7-29-16)15-6-20(35-30-15,21(26,27)28)12-4-13(22)18(24)14(23)5-12/h2-7,30H,8-10H2,1H3. The largest absolute Gasteiger partial charge is 0.428 e. The molecule has 2 aliphatic rings. The fraction of sp³-hybridized carbons (Fsp3) is 0.333. The number of likely N-dealkylation sites (tertiary alicyclic amines) is 1. The summed E-state index contributed by atoms with van der Waals surface area (Å²) >= 11 is 17.7. The van der Waals surface area contributed by atoms with Gasteiger partial charge in [-0.15, -0.1) is 0 Å². The number of nitrogens with zero attached hydrogens (tertiary/aromatic N) is 2. The highest BCUT2D eigenvalue weighted by Gasteiger charge is 2.60. The van der Waals surface area contributed by atoms with Crippen LogP contribution in [0.15, 0.2) is 36.5 Å². The van der Waals surface area contributed by atoms with Crippen molar-refractivity contribution in [2.75, 3.05) is 25.1 Å². The lowest BCUT2D eigenvalue weighted by Gasteiger charge is -2.43. The van der Waals surface area contributed by atoms with Gasteiger partial charge in [0.1, 0.15) is 5.75 Å². The number of alkyl halides is 4. The van der Waals surface area contributed by atoms with Crippen molar-refractivity contribution in [2.45, 2.75) is 17.4 Å². The van der Waals surface area contributed by atoms with Crippen LogP contribution in [-0.4, -0.2) is 55.5 Å². The quantitative estimate of drug-likeness (QED) is 0.411. The highest BCUT2D eigenvalue weighted by atomic mass is 35.5. The van der Waals surface area contributed by atoms with Crippen LogP contribution in [0.2, 0.25) is 15.1 Å². The minimum atomic E-state index is -4.94. The molecule has 0 spiro atoms. The Morgan fingerprint density at radius 3 is 2.31 bits per heavy atom. The molecule has 36 heavy (non-hydrogen) atoms. The van der Waals surface area contributed by atoms with Gasteiger partial charge in [-0.2, -0.15) is 13.2 Å². The Morgan fingerprint density at radius 1 is 1.19 bits per heavy atom. The minimum absolute atomic E-state index is 0.0625. The number of nitrogens with one attached hydrogen (secondary N) is 1. The molecule has 1 unspecified atom stereocenters. The van der Waals surface area contributed by atoms with Crippen LogP contribution >= 0.6 is 34.8 Å². The van der Waals surface area contributed by atoms with Crippen molar-refractivity contribution in [1.29, 1.82) is 0 Å². The molecule has 1 atom stereocenters. The first-order chi connectivity index (χ1) is 16.5. The van der Waals surface area contributed by atoms with Crippen molar-refractivity contribution in [2.24, 2.45) is 0 Å². The summed E-state index contributed by atoms with van der Waals surface area (Å²) < 4.78 is 80.2. The molecule has 1 fully saturated rings. The Hall–Kier alpha value is -2.12. The fourth-order valence-corrected chi connectivity index (χ4v) is 5.01. The van der Waals surface area contributed by atoms with Crippen LogP contribution in [0.25, 0.3) is 5.70 Å². The predicted octanol–water partition coefficient (Wildman–Crippen LogP) is 4.43. The Bertz CT molecular complexity index is 1340. The number of benzene rings is 1. The first kappa shape index (κ1) is 26.9. The second-order valence-electron chi connectivity index (χ2n) is 8.47. The van der Waals surface area contributed by atoms with Crippen molar-refractivity contribution in [3.05, 3.63) is 68.4 Å². The summed E-state index contributed by atoms with van der Waals surface area (Å²) in [5.74, 6) is -1.47. The Labute approximate surface area is 217 Å². The Balaban J connectivity index is 1.58. The number of pyridine rings is 1. The molecule has 1 saturated heterocycles. The topological polar surface area (TPSA) is 88.6 Å². The van der Waals surface area contributed by atoms with Crippen molar-refractivity contribution in [3.63, 3.8) is 0 Å². The maximum atomic E-state index is 15.2. The molecule has 2 aromatic rings. The number of carbonyl (C=O) groups excluding carboxylic acids is 1. The van der Waals surface area contributed by atoms with Gasteiger partial charge >= 0.3 is 6.18 Å². The highest BCUT2D eigenvalue weighted by Crippen LogP contribution is 2.49. The number of aromatic nitrogens is 1. The minimum Gasteiger partial charge on any atom is -0.334 e. The van der Waals surface area contributed by atoms with E-state index < -0.39 is 57.6 Å². The van der Waals surface area contributed by atoms with Gasteiger partial charge in [-0.1, -0.05) is 34.8 Å². The summed E-state index contributed by atoms with van der Waals surface area (Å²) in [5, 5.41) is -0.504. The molecular formula is C21H16Cl3F4N3O4S. The van der Waals surface area contributed by atoms with E-state index in [4.69, 9.17) is 39.6 Å². The molecule has 1 amide bonds. The molecule has 1 N–H and O–H groups in total. The van der Waals surface area contributed by atoms with Crippen LogP contribution in [0.4, 0.5) is 17.6 Å². The van der Waals surface area contributed by atoms with E-state index in [2.05, 4.69) is 10.5 Å². The third kappa shape index (κ3) is 4.89. The van der Waals surface area contributed by atoms with E-state index in [1.165, 1.54) is 12.1 Å². The summed E-state index contributed by atoms with van der Waals surface area (Å²) in [5.41, 5.74) is -3.16. The van der Waals surface area contributed by atoms with Gasteiger partial charge in [0.15, 0.2) is 15.5 Å². The molecule has 194 valence electrons. The van der Waals surface area contributed by atoms with Gasteiger partial charge in [0.2, 0.25) is 11.5 Å². The number of hydrogen-bond donors (Lipinski definition) is 1. The highest BCUT2D eigenvalue weighted by molar-refractivity contribution is 7.91. The van der Waals surface area contributed by atoms with Crippen LogP contribution in [-0.2, 0) is 30.7 Å². The van der Waals surface area contributed by atoms with Crippen molar-refractivity contribution >= 4 is 56.2 Å². The zero-order valence-corrected chi connectivity index (χ0v) is 21.3. The Morgan fingerprint density at radius 2 is 1.81 bits per heavy atom. The van der Waals surface area contributed by atoms with Crippen LogP contribution in [0.5, 0.6) is 0 Å². The smallest absolute Gasteiger partial charge is 0.334 e. The average Bonchev–Trinajstić information content (AvgIpc) is 3.21. The van der Waals surface area contributed by atoms with E-state index in [-0.39, 0.29) is 32.0 Å². The maximum absolute atomic E-state index is 15.2. The lowest BCUT2D eigenvalue weighted by atomic mass is 9.90. The molecule has 1 aromatic heterocycles. The second-order valence-corrected chi connectivity index (χ2v) is 11.8.